The lowest BCUT2D eigenvalue weighted by Crippen LogP contribution is -2.50. The van der Waals surface area contributed by atoms with Crippen LogP contribution in [0.4, 0.5) is 0 Å². The summed E-state index contributed by atoms with van der Waals surface area (Å²) in [4.78, 5) is 21.6. The Bertz CT molecular complexity index is 733. The number of rotatable bonds is 4. The predicted octanol–water partition coefficient (Wildman–Crippen LogP) is 1.52. The number of ether oxygens (including phenoxy) is 1. The van der Waals surface area contributed by atoms with Crippen molar-refractivity contribution in [1.82, 2.24) is 25.1 Å². The molecule has 2 fully saturated rings. The molecule has 0 aromatic carbocycles. The highest BCUT2D eigenvalue weighted by atomic mass is 16.5. The summed E-state index contributed by atoms with van der Waals surface area (Å²) < 4.78 is 7.29. The van der Waals surface area contributed by atoms with Gasteiger partial charge >= 0.3 is 0 Å². The van der Waals surface area contributed by atoms with E-state index in [4.69, 9.17) is 4.74 Å². The molecule has 1 aliphatic carbocycles. The van der Waals surface area contributed by atoms with Crippen LogP contribution in [-0.4, -0.2) is 38.9 Å². The molecule has 2 aromatic heterocycles. The Kier molecular flexibility index (Phi) is 3.80. The van der Waals surface area contributed by atoms with E-state index in [1.54, 1.807) is 18.5 Å². The zero-order chi connectivity index (χ0) is 16.6. The number of amides is 1. The van der Waals surface area contributed by atoms with E-state index in [2.05, 4.69) is 20.4 Å². The van der Waals surface area contributed by atoms with E-state index in [1.807, 2.05) is 17.8 Å². The normalized spacial score (nSPS) is 19.9. The average Bonchev–Trinajstić information content (AvgIpc) is 3.38. The Morgan fingerprint density at radius 3 is 2.67 bits per heavy atom. The van der Waals surface area contributed by atoms with Gasteiger partial charge in [-0.05, 0) is 25.0 Å². The predicted molar refractivity (Wildman–Crippen MR) is 86.4 cm³/mol. The van der Waals surface area contributed by atoms with Gasteiger partial charge in [-0.1, -0.05) is 0 Å². The summed E-state index contributed by atoms with van der Waals surface area (Å²) in [5, 5.41) is 7.54. The number of hydrogen-bond donors (Lipinski definition) is 1. The van der Waals surface area contributed by atoms with Crippen molar-refractivity contribution in [2.24, 2.45) is 7.05 Å². The third-order valence-corrected chi connectivity index (χ3v) is 4.84. The van der Waals surface area contributed by atoms with Crippen LogP contribution in [0.2, 0.25) is 0 Å². The molecular weight excluding hydrogens is 306 g/mol. The standard InChI is InChI=1S/C17H21N5O2/c1-22-14(12-3-4-12)11-13(21-22)15(23)20-17(5-9-24-10-6-17)16-18-7-2-8-19-16/h2,7-8,11-12H,3-6,9-10H2,1H3,(H,20,23). The zero-order valence-corrected chi connectivity index (χ0v) is 13.7. The third-order valence-electron chi connectivity index (χ3n) is 4.84. The molecule has 1 amide bonds. The first kappa shape index (κ1) is 15.3. The lowest BCUT2D eigenvalue weighted by atomic mass is 9.88. The van der Waals surface area contributed by atoms with Crippen LogP contribution in [0, 0.1) is 0 Å². The molecule has 1 N–H and O–H groups in total. The number of nitrogens with one attached hydrogen (secondary N) is 1. The number of nitrogens with zero attached hydrogens (tertiary/aromatic N) is 4. The molecule has 2 aromatic rings. The minimum atomic E-state index is -0.589. The van der Waals surface area contributed by atoms with Crippen molar-refractivity contribution in [3.05, 3.63) is 41.7 Å². The number of hydrogen-bond acceptors (Lipinski definition) is 5. The van der Waals surface area contributed by atoms with E-state index in [-0.39, 0.29) is 5.91 Å². The average molecular weight is 327 g/mol. The Morgan fingerprint density at radius 2 is 2.00 bits per heavy atom. The lowest BCUT2D eigenvalue weighted by Gasteiger charge is -2.36. The molecule has 1 aliphatic heterocycles. The van der Waals surface area contributed by atoms with Gasteiger partial charge in [0.2, 0.25) is 0 Å². The van der Waals surface area contributed by atoms with E-state index in [9.17, 15) is 4.79 Å². The van der Waals surface area contributed by atoms with Crippen LogP contribution in [0.5, 0.6) is 0 Å². The van der Waals surface area contributed by atoms with Crippen molar-refractivity contribution in [2.75, 3.05) is 13.2 Å². The molecule has 3 heterocycles. The highest BCUT2D eigenvalue weighted by Gasteiger charge is 2.39. The van der Waals surface area contributed by atoms with E-state index in [1.165, 1.54) is 12.8 Å². The fourth-order valence-electron chi connectivity index (χ4n) is 3.31. The second-order valence-corrected chi connectivity index (χ2v) is 6.57. The Balaban J connectivity index is 1.60. The van der Waals surface area contributed by atoms with Gasteiger partial charge < -0.3 is 10.1 Å². The molecule has 1 saturated heterocycles. The molecule has 1 saturated carbocycles. The van der Waals surface area contributed by atoms with Crippen LogP contribution in [0.3, 0.4) is 0 Å². The number of aromatic nitrogens is 4. The van der Waals surface area contributed by atoms with Gasteiger partial charge in [-0.15, -0.1) is 0 Å². The lowest BCUT2D eigenvalue weighted by molar-refractivity contribution is 0.0312. The van der Waals surface area contributed by atoms with Crippen molar-refractivity contribution in [3.63, 3.8) is 0 Å². The molecule has 0 spiro atoms. The summed E-state index contributed by atoms with van der Waals surface area (Å²) in [6.07, 6.45) is 7.09. The molecular formula is C17H21N5O2. The number of carbonyl (C=O) groups excluding carboxylic acids is 1. The van der Waals surface area contributed by atoms with Gasteiger partial charge in [-0.3, -0.25) is 9.48 Å². The van der Waals surface area contributed by atoms with Gasteiger partial charge in [-0.2, -0.15) is 5.10 Å². The maximum atomic E-state index is 12.8. The smallest absolute Gasteiger partial charge is 0.272 e. The first-order chi connectivity index (χ1) is 11.7. The minimum absolute atomic E-state index is 0.174. The summed E-state index contributed by atoms with van der Waals surface area (Å²) in [5.74, 6) is 1.02. The van der Waals surface area contributed by atoms with Gasteiger partial charge in [0, 0.05) is 57.1 Å². The van der Waals surface area contributed by atoms with E-state index >= 15 is 0 Å². The van der Waals surface area contributed by atoms with Crippen molar-refractivity contribution in [1.29, 1.82) is 0 Å². The fourth-order valence-corrected chi connectivity index (χ4v) is 3.31. The zero-order valence-electron chi connectivity index (χ0n) is 13.7. The summed E-state index contributed by atoms with van der Waals surface area (Å²) in [7, 11) is 1.90. The highest BCUT2D eigenvalue weighted by molar-refractivity contribution is 5.93. The first-order valence-electron chi connectivity index (χ1n) is 8.40. The minimum Gasteiger partial charge on any atom is -0.381 e. The highest BCUT2D eigenvalue weighted by Crippen LogP contribution is 2.40. The molecule has 0 atom stereocenters. The van der Waals surface area contributed by atoms with Gasteiger partial charge in [0.15, 0.2) is 5.82 Å². The molecule has 4 rings (SSSR count). The number of carbonyl (C=O) groups is 1. The molecule has 126 valence electrons. The van der Waals surface area contributed by atoms with Crippen molar-refractivity contribution in [3.8, 4) is 0 Å². The summed E-state index contributed by atoms with van der Waals surface area (Å²) in [6, 6.07) is 3.69. The van der Waals surface area contributed by atoms with Crippen LogP contribution in [0.15, 0.2) is 24.5 Å². The third kappa shape index (κ3) is 2.80. The Labute approximate surface area is 140 Å². The SMILES string of the molecule is Cn1nc(C(=O)NC2(c3ncccn3)CCOCC2)cc1C1CC1. The van der Waals surface area contributed by atoms with Crippen LogP contribution in [-0.2, 0) is 17.3 Å². The fraction of sp³-hybridized carbons (Fsp3) is 0.529. The van der Waals surface area contributed by atoms with E-state index in [0.717, 1.165) is 5.69 Å². The molecule has 0 bridgehead atoms. The Morgan fingerprint density at radius 1 is 1.29 bits per heavy atom. The van der Waals surface area contributed by atoms with Crippen LogP contribution >= 0.6 is 0 Å². The molecule has 7 nitrogen and oxygen atoms in total. The van der Waals surface area contributed by atoms with E-state index in [0.29, 0.717) is 43.5 Å². The van der Waals surface area contributed by atoms with Gasteiger partial charge in [0.05, 0.1) is 0 Å². The topological polar surface area (TPSA) is 81.9 Å². The van der Waals surface area contributed by atoms with Gasteiger partial charge in [0.25, 0.3) is 5.91 Å². The summed E-state index contributed by atoms with van der Waals surface area (Å²) >= 11 is 0. The molecule has 2 aliphatic rings. The molecule has 7 heteroatoms. The molecule has 24 heavy (non-hydrogen) atoms. The van der Waals surface area contributed by atoms with Crippen LogP contribution < -0.4 is 5.32 Å². The van der Waals surface area contributed by atoms with Gasteiger partial charge in [-0.25, -0.2) is 9.97 Å². The second kappa shape index (κ2) is 5.98. The Hall–Kier alpha value is -2.28. The van der Waals surface area contributed by atoms with Crippen molar-refractivity contribution in [2.45, 2.75) is 37.1 Å². The van der Waals surface area contributed by atoms with Crippen LogP contribution in [0.1, 0.15) is 53.6 Å². The maximum absolute atomic E-state index is 12.8. The van der Waals surface area contributed by atoms with Gasteiger partial charge in [0.1, 0.15) is 11.2 Å². The molecule has 0 unspecified atom stereocenters. The maximum Gasteiger partial charge on any atom is 0.272 e. The summed E-state index contributed by atoms with van der Waals surface area (Å²) in [6.45, 7) is 1.15. The monoisotopic (exact) mass is 327 g/mol. The quantitative estimate of drug-likeness (QED) is 0.921. The largest absolute Gasteiger partial charge is 0.381 e. The van der Waals surface area contributed by atoms with E-state index < -0.39 is 5.54 Å². The van der Waals surface area contributed by atoms with Crippen molar-refractivity contribution >= 4 is 5.91 Å². The molecule has 0 radical (unpaired) electrons. The first-order valence-corrected chi connectivity index (χ1v) is 8.40. The van der Waals surface area contributed by atoms with Crippen LogP contribution in [0.25, 0.3) is 0 Å². The second-order valence-electron chi connectivity index (χ2n) is 6.57. The number of aryl methyl sites for hydroxylation is 1. The summed E-state index contributed by atoms with van der Waals surface area (Å²) in [5.41, 5.74) is 1.01. The van der Waals surface area contributed by atoms with Crippen molar-refractivity contribution < 1.29 is 9.53 Å².